The van der Waals surface area contributed by atoms with Crippen LogP contribution < -0.4 is 5.32 Å². The highest BCUT2D eigenvalue weighted by Gasteiger charge is 2.11. The van der Waals surface area contributed by atoms with Gasteiger partial charge in [-0.3, -0.25) is 4.68 Å². The molecule has 0 bridgehead atoms. The summed E-state index contributed by atoms with van der Waals surface area (Å²) in [5.41, 5.74) is 4.25. The van der Waals surface area contributed by atoms with E-state index in [0.29, 0.717) is 17.6 Å². The molecule has 0 aliphatic rings. The minimum absolute atomic E-state index is 0.407. The summed E-state index contributed by atoms with van der Waals surface area (Å²) in [6, 6.07) is 2.00. The van der Waals surface area contributed by atoms with Gasteiger partial charge in [0.25, 0.3) is 0 Å². The van der Waals surface area contributed by atoms with Crippen molar-refractivity contribution in [2.45, 2.75) is 33.2 Å². The molecule has 2 aromatic heterocycles. The lowest BCUT2D eigenvalue weighted by Gasteiger charge is -2.09. The van der Waals surface area contributed by atoms with Crippen LogP contribution in [0.25, 0.3) is 0 Å². The van der Waals surface area contributed by atoms with Crippen LogP contribution in [-0.4, -0.2) is 14.8 Å². The maximum absolute atomic E-state index is 6.08. The fourth-order valence-electron chi connectivity index (χ4n) is 2.04. The number of halogens is 1. The second-order valence-electron chi connectivity index (χ2n) is 5.07. The zero-order valence-corrected chi connectivity index (χ0v) is 12.5. The van der Waals surface area contributed by atoms with Crippen molar-refractivity contribution in [3.63, 3.8) is 0 Å². The zero-order valence-electron chi connectivity index (χ0n) is 11.7. The number of aromatic nitrogens is 3. The minimum atomic E-state index is 0.407. The Hall–Kier alpha value is -1.55. The van der Waals surface area contributed by atoms with E-state index in [2.05, 4.69) is 29.2 Å². The van der Waals surface area contributed by atoms with Crippen LogP contribution in [0.4, 0.5) is 5.69 Å². The van der Waals surface area contributed by atoms with Crippen LogP contribution >= 0.6 is 11.6 Å². The summed E-state index contributed by atoms with van der Waals surface area (Å²) in [5.74, 6) is 0.407. The first-order valence-electron chi connectivity index (χ1n) is 6.35. The molecule has 0 fully saturated rings. The van der Waals surface area contributed by atoms with Crippen LogP contribution in [0.5, 0.6) is 0 Å². The van der Waals surface area contributed by atoms with Crippen molar-refractivity contribution in [1.82, 2.24) is 14.8 Å². The Morgan fingerprint density at radius 1 is 1.42 bits per heavy atom. The molecule has 0 atom stereocenters. The van der Waals surface area contributed by atoms with E-state index in [4.69, 9.17) is 11.6 Å². The predicted octanol–water partition coefficient (Wildman–Crippen LogP) is 3.51. The van der Waals surface area contributed by atoms with Gasteiger partial charge >= 0.3 is 0 Å². The zero-order chi connectivity index (χ0) is 14.0. The van der Waals surface area contributed by atoms with Gasteiger partial charge < -0.3 is 5.32 Å². The predicted molar refractivity (Wildman–Crippen MR) is 78.6 cm³/mol. The number of nitrogens with one attached hydrogen (secondary N) is 1. The van der Waals surface area contributed by atoms with E-state index in [9.17, 15) is 0 Å². The first kappa shape index (κ1) is 13.9. The molecule has 0 spiro atoms. The number of nitrogens with zero attached hydrogens (tertiary/aromatic N) is 3. The summed E-state index contributed by atoms with van der Waals surface area (Å²) in [6.45, 7) is 6.99. The molecule has 2 rings (SSSR count). The standard InChI is InChI=1S/C14H19ClN4/c1-9(2)13-11(8-19(4)18-13)7-16-12-5-10(3)6-17-14(12)15/h5-6,8-9,16H,7H2,1-4H3. The Labute approximate surface area is 118 Å². The Morgan fingerprint density at radius 3 is 2.84 bits per heavy atom. The van der Waals surface area contributed by atoms with E-state index < -0.39 is 0 Å². The van der Waals surface area contributed by atoms with Crippen molar-refractivity contribution in [1.29, 1.82) is 0 Å². The van der Waals surface area contributed by atoms with Gasteiger partial charge in [-0.15, -0.1) is 0 Å². The molecule has 2 heterocycles. The molecule has 0 aromatic carbocycles. The summed E-state index contributed by atoms with van der Waals surface area (Å²) in [7, 11) is 1.94. The molecule has 102 valence electrons. The van der Waals surface area contributed by atoms with Gasteiger partial charge in [-0.2, -0.15) is 5.10 Å². The third kappa shape index (κ3) is 3.26. The lowest BCUT2D eigenvalue weighted by Crippen LogP contribution is -2.03. The number of anilines is 1. The summed E-state index contributed by atoms with van der Waals surface area (Å²) in [4.78, 5) is 4.14. The number of pyridine rings is 1. The Kier molecular flexibility index (Phi) is 4.10. The quantitative estimate of drug-likeness (QED) is 0.870. The van der Waals surface area contributed by atoms with Gasteiger partial charge in [0, 0.05) is 31.5 Å². The molecule has 0 saturated heterocycles. The molecular weight excluding hydrogens is 260 g/mol. The van der Waals surface area contributed by atoms with Crippen molar-refractivity contribution < 1.29 is 0 Å². The van der Waals surface area contributed by atoms with Crippen LogP contribution in [0.3, 0.4) is 0 Å². The summed E-state index contributed by atoms with van der Waals surface area (Å²) in [5, 5.41) is 8.32. The number of rotatable bonds is 4. The topological polar surface area (TPSA) is 42.7 Å². The van der Waals surface area contributed by atoms with E-state index in [1.807, 2.05) is 30.9 Å². The van der Waals surface area contributed by atoms with Crippen LogP contribution in [0.2, 0.25) is 5.15 Å². The molecule has 0 unspecified atom stereocenters. The molecular formula is C14H19ClN4. The fraction of sp³-hybridized carbons (Fsp3) is 0.429. The SMILES string of the molecule is Cc1cnc(Cl)c(NCc2cn(C)nc2C(C)C)c1. The second kappa shape index (κ2) is 5.61. The van der Waals surface area contributed by atoms with Gasteiger partial charge in [0.1, 0.15) is 0 Å². The minimum Gasteiger partial charge on any atom is -0.378 e. The largest absolute Gasteiger partial charge is 0.378 e. The van der Waals surface area contributed by atoms with Crippen molar-refractivity contribution in [2.75, 3.05) is 5.32 Å². The molecule has 0 aliphatic heterocycles. The first-order valence-corrected chi connectivity index (χ1v) is 6.73. The van der Waals surface area contributed by atoms with E-state index >= 15 is 0 Å². The van der Waals surface area contributed by atoms with Gasteiger partial charge in [-0.05, 0) is 24.5 Å². The highest BCUT2D eigenvalue weighted by Crippen LogP contribution is 2.22. The van der Waals surface area contributed by atoms with Crippen molar-refractivity contribution in [2.24, 2.45) is 7.05 Å². The van der Waals surface area contributed by atoms with Crippen molar-refractivity contribution >= 4 is 17.3 Å². The van der Waals surface area contributed by atoms with E-state index in [1.165, 1.54) is 5.56 Å². The van der Waals surface area contributed by atoms with Crippen LogP contribution in [0.15, 0.2) is 18.5 Å². The highest BCUT2D eigenvalue weighted by atomic mass is 35.5. The van der Waals surface area contributed by atoms with Gasteiger partial charge in [0.15, 0.2) is 5.15 Å². The second-order valence-corrected chi connectivity index (χ2v) is 5.43. The van der Waals surface area contributed by atoms with Crippen molar-refractivity contribution in [3.8, 4) is 0 Å². The third-order valence-electron chi connectivity index (χ3n) is 2.93. The van der Waals surface area contributed by atoms with E-state index in [-0.39, 0.29) is 0 Å². The van der Waals surface area contributed by atoms with Gasteiger partial charge in [-0.1, -0.05) is 25.4 Å². The number of hydrogen-bond acceptors (Lipinski definition) is 3. The van der Waals surface area contributed by atoms with Crippen LogP contribution in [0.1, 0.15) is 36.6 Å². The molecule has 0 aliphatic carbocycles. The van der Waals surface area contributed by atoms with Gasteiger partial charge in [0.05, 0.1) is 11.4 Å². The fourth-order valence-corrected chi connectivity index (χ4v) is 2.21. The highest BCUT2D eigenvalue weighted by molar-refractivity contribution is 6.31. The molecule has 4 nitrogen and oxygen atoms in total. The van der Waals surface area contributed by atoms with Crippen molar-refractivity contribution in [3.05, 3.63) is 40.4 Å². The monoisotopic (exact) mass is 278 g/mol. The van der Waals surface area contributed by atoms with Gasteiger partial charge in [-0.25, -0.2) is 4.98 Å². The lowest BCUT2D eigenvalue weighted by atomic mass is 10.1. The molecule has 2 aromatic rings. The molecule has 0 saturated carbocycles. The molecule has 0 radical (unpaired) electrons. The normalized spacial score (nSPS) is 11.1. The van der Waals surface area contributed by atoms with Crippen LogP contribution in [0, 0.1) is 6.92 Å². The van der Waals surface area contributed by atoms with Crippen LogP contribution in [-0.2, 0) is 13.6 Å². The Morgan fingerprint density at radius 2 is 2.16 bits per heavy atom. The van der Waals surface area contributed by atoms with E-state index in [1.54, 1.807) is 6.20 Å². The number of hydrogen-bond donors (Lipinski definition) is 1. The number of aryl methyl sites for hydroxylation is 2. The Balaban J connectivity index is 2.16. The average Bonchev–Trinajstić information content (AvgIpc) is 2.72. The van der Waals surface area contributed by atoms with Gasteiger partial charge in [0.2, 0.25) is 0 Å². The molecule has 1 N–H and O–H groups in total. The molecule has 5 heteroatoms. The summed E-state index contributed by atoms with van der Waals surface area (Å²) < 4.78 is 1.85. The molecule has 0 amide bonds. The third-order valence-corrected chi connectivity index (χ3v) is 3.23. The van der Waals surface area contributed by atoms with E-state index in [0.717, 1.165) is 16.9 Å². The smallest absolute Gasteiger partial charge is 0.152 e. The maximum Gasteiger partial charge on any atom is 0.152 e. The lowest BCUT2D eigenvalue weighted by molar-refractivity contribution is 0.712. The average molecular weight is 279 g/mol. The Bertz CT molecular complexity index is 575. The first-order chi connectivity index (χ1) is 8.97. The molecule has 19 heavy (non-hydrogen) atoms. The maximum atomic E-state index is 6.08. The summed E-state index contributed by atoms with van der Waals surface area (Å²) in [6.07, 6.45) is 3.80. The summed E-state index contributed by atoms with van der Waals surface area (Å²) >= 11 is 6.08.